The standard InChI is InChI=1S/C16H18N6S/c1-2-12(1)22-10-19-20-14(22)11-3-6-21(7-4-11)15-13-5-8-23-16(13)18-9-17-15/h5,8-12H,1-4,6-7H2. The Hall–Kier alpha value is -2.02. The smallest absolute Gasteiger partial charge is 0.140 e. The molecule has 0 unspecified atom stereocenters. The van der Waals surface area contributed by atoms with Crippen molar-refractivity contribution in [3.63, 3.8) is 0 Å². The summed E-state index contributed by atoms with van der Waals surface area (Å²) in [7, 11) is 0. The summed E-state index contributed by atoms with van der Waals surface area (Å²) in [5.41, 5.74) is 0. The molecule has 2 fully saturated rings. The lowest BCUT2D eigenvalue weighted by molar-refractivity contribution is 0.464. The largest absolute Gasteiger partial charge is 0.356 e. The quantitative estimate of drug-likeness (QED) is 0.740. The molecule has 3 aromatic rings. The highest BCUT2D eigenvalue weighted by molar-refractivity contribution is 7.16. The molecule has 2 aliphatic rings. The molecule has 0 radical (unpaired) electrons. The summed E-state index contributed by atoms with van der Waals surface area (Å²) >= 11 is 1.68. The maximum absolute atomic E-state index is 4.53. The van der Waals surface area contributed by atoms with E-state index >= 15 is 0 Å². The van der Waals surface area contributed by atoms with E-state index in [-0.39, 0.29) is 0 Å². The van der Waals surface area contributed by atoms with Gasteiger partial charge < -0.3 is 9.47 Å². The molecule has 7 heteroatoms. The van der Waals surface area contributed by atoms with Crippen molar-refractivity contribution in [3.8, 4) is 0 Å². The molecule has 6 nitrogen and oxygen atoms in total. The molecule has 0 N–H and O–H groups in total. The molecule has 5 rings (SSSR count). The summed E-state index contributed by atoms with van der Waals surface area (Å²) in [4.78, 5) is 12.4. The third-order valence-corrected chi connectivity index (χ3v) is 5.76. The lowest BCUT2D eigenvalue weighted by atomic mass is 9.95. The summed E-state index contributed by atoms with van der Waals surface area (Å²) in [6.07, 6.45) is 8.38. The first-order chi connectivity index (χ1) is 11.4. The SMILES string of the molecule is c1nc(N2CCC(c3nncn3C3CC3)CC2)c2ccsc2n1. The summed E-state index contributed by atoms with van der Waals surface area (Å²) in [6.45, 7) is 2.04. The van der Waals surface area contributed by atoms with E-state index < -0.39 is 0 Å². The second-order valence-electron chi connectivity index (χ2n) is 6.43. The van der Waals surface area contributed by atoms with Gasteiger partial charge >= 0.3 is 0 Å². The van der Waals surface area contributed by atoms with Crippen LogP contribution in [0.5, 0.6) is 0 Å². The average Bonchev–Trinajstić information content (AvgIpc) is 3.12. The Balaban J connectivity index is 1.36. The zero-order valence-electron chi connectivity index (χ0n) is 12.8. The number of thiophene rings is 1. The van der Waals surface area contributed by atoms with Gasteiger partial charge in [0.15, 0.2) is 0 Å². The van der Waals surface area contributed by atoms with Gasteiger partial charge in [0.2, 0.25) is 0 Å². The molecular weight excluding hydrogens is 308 g/mol. The van der Waals surface area contributed by atoms with Crippen molar-refractivity contribution in [2.45, 2.75) is 37.6 Å². The average molecular weight is 326 g/mol. The van der Waals surface area contributed by atoms with Crippen LogP contribution in [0.25, 0.3) is 10.2 Å². The lowest BCUT2D eigenvalue weighted by Crippen LogP contribution is -2.34. The van der Waals surface area contributed by atoms with Gasteiger partial charge in [-0.05, 0) is 37.1 Å². The summed E-state index contributed by atoms with van der Waals surface area (Å²) in [6, 6.07) is 2.79. The van der Waals surface area contributed by atoms with Gasteiger partial charge in [-0.15, -0.1) is 21.5 Å². The van der Waals surface area contributed by atoms with Crippen LogP contribution in [0, 0.1) is 0 Å². The molecule has 0 bridgehead atoms. The molecule has 0 atom stereocenters. The van der Waals surface area contributed by atoms with Crippen LogP contribution in [0.15, 0.2) is 24.1 Å². The maximum Gasteiger partial charge on any atom is 0.140 e. The topological polar surface area (TPSA) is 59.7 Å². The van der Waals surface area contributed by atoms with Gasteiger partial charge in [0.1, 0.15) is 29.1 Å². The second kappa shape index (κ2) is 5.26. The van der Waals surface area contributed by atoms with Crippen molar-refractivity contribution in [3.05, 3.63) is 29.9 Å². The Morgan fingerprint density at radius 2 is 1.96 bits per heavy atom. The minimum absolute atomic E-state index is 0.522. The van der Waals surface area contributed by atoms with Gasteiger partial charge in [0.05, 0.1) is 5.39 Å². The molecule has 23 heavy (non-hydrogen) atoms. The maximum atomic E-state index is 4.53. The van der Waals surface area contributed by atoms with E-state index in [0.29, 0.717) is 12.0 Å². The van der Waals surface area contributed by atoms with Gasteiger partial charge in [-0.3, -0.25) is 0 Å². The summed E-state index contributed by atoms with van der Waals surface area (Å²) in [5.74, 6) is 2.79. The molecule has 1 aliphatic carbocycles. The summed E-state index contributed by atoms with van der Waals surface area (Å²) < 4.78 is 2.31. The van der Waals surface area contributed by atoms with Crippen molar-refractivity contribution in [2.75, 3.05) is 18.0 Å². The number of anilines is 1. The number of nitrogens with zero attached hydrogens (tertiary/aromatic N) is 6. The Kier molecular flexibility index (Phi) is 3.07. The number of rotatable bonds is 3. The molecule has 118 valence electrons. The van der Waals surface area contributed by atoms with Crippen LogP contribution in [0.2, 0.25) is 0 Å². The summed E-state index contributed by atoms with van der Waals surface area (Å²) in [5, 5.41) is 11.8. The highest BCUT2D eigenvalue weighted by Gasteiger charge is 2.31. The van der Waals surface area contributed by atoms with Gasteiger partial charge in [-0.25, -0.2) is 9.97 Å². The number of hydrogen-bond acceptors (Lipinski definition) is 6. The van der Waals surface area contributed by atoms with Gasteiger partial charge in [0, 0.05) is 25.0 Å². The second-order valence-corrected chi connectivity index (χ2v) is 7.32. The van der Waals surface area contributed by atoms with E-state index in [9.17, 15) is 0 Å². The Morgan fingerprint density at radius 1 is 1.09 bits per heavy atom. The zero-order chi connectivity index (χ0) is 15.2. The van der Waals surface area contributed by atoms with Crippen molar-refractivity contribution in [1.29, 1.82) is 0 Å². The van der Waals surface area contributed by atoms with Gasteiger partial charge in [0.25, 0.3) is 0 Å². The van der Waals surface area contributed by atoms with Crippen LogP contribution < -0.4 is 4.90 Å². The first-order valence-electron chi connectivity index (χ1n) is 8.22. The van der Waals surface area contributed by atoms with Crippen LogP contribution in [0.3, 0.4) is 0 Å². The number of aromatic nitrogens is 5. The van der Waals surface area contributed by atoms with Gasteiger partial charge in [-0.2, -0.15) is 0 Å². The first-order valence-corrected chi connectivity index (χ1v) is 9.10. The predicted octanol–water partition coefficient (Wildman–Crippen LogP) is 3.00. The van der Waals surface area contributed by atoms with E-state index in [1.165, 1.54) is 24.1 Å². The Morgan fingerprint density at radius 3 is 2.78 bits per heavy atom. The van der Waals surface area contributed by atoms with Crippen LogP contribution >= 0.6 is 11.3 Å². The molecule has 1 saturated heterocycles. The Labute approximate surface area is 138 Å². The molecule has 3 aromatic heterocycles. The van der Waals surface area contributed by atoms with Crippen LogP contribution in [0.1, 0.15) is 43.5 Å². The number of piperidine rings is 1. The van der Waals surface area contributed by atoms with Crippen molar-refractivity contribution >= 4 is 27.4 Å². The fraction of sp³-hybridized carbons (Fsp3) is 0.500. The van der Waals surface area contributed by atoms with E-state index in [1.54, 1.807) is 17.7 Å². The fourth-order valence-electron chi connectivity index (χ4n) is 3.56. The molecule has 0 spiro atoms. The monoisotopic (exact) mass is 326 g/mol. The molecule has 4 heterocycles. The van der Waals surface area contributed by atoms with E-state index in [0.717, 1.165) is 36.6 Å². The van der Waals surface area contributed by atoms with Gasteiger partial charge in [-0.1, -0.05) is 0 Å². The first kappa shape index (κ1) is 13.4. The predicted molar refractivity (Wildman–Crippen MR) is 89.9 cm³/mol. The molecule has 1 saturated carbocycles. The van der Waals surface area contributed by atoms with Crippen molar-refractivity contribution in [2.24, 2.45) is 0 Å². The van der Waals surface area contributed by atoms with Crippen LogP contribution in [0.4, 0.5) is 5.82 Å². The molecule has 1 aliphatic heterocycles. The highest BCUT2D eigenvalue weighted by Crippen LogP contribution is 2.39. The zero-order valence-corrected chi connectivity index (χ0v) is 13.6. The molecular formula is C16H18N6S. The fourth-order valence-corrected chi connectivity index (χ4v) is 4.28. The van der Waals surface area contributed by atoms with E-state index in [4.69, 9.17) is 0 Å². The van der Waals surface area contributed by atoms with Crippen molar-refractivity contribution < 1.29 is 0 Å². The highest BCUT2D eigenvalue weighted by atomic mass is 32.1. The van der Waals surface area contributed by atoms with Crippen molar-refractivity contribution in [1.82, 2.24) is 24.7 Å². The number of hydrogen-bond donors (Lipinski definition) is 0. The van der Waals surface area contributed by atoms with Crippen LogP contribution in [-0.4, -0.2) is 37.8 Å². The lowest BCUT2D eigenvalue weighted by Gasteiger charge is -2.32. The minimum atomic E-state index is 0.522. The molecule has 0 amide bonds. The third kappa shape index (κ3) is 2.30. The van der Waals surface area contributed by atoms with Crippen LogP contribution in [-0.2, 0) is 0 Å². The van der Waals surface area contributed by atoms with E-state index in [1.807, 2.05) is 6.33 Å². The minimum Gasteiger partial charge on any atom is -0.356 e. The normalized spacial score (nSPS) is 19.6. The Bertz CT molecular complexity index is 828. The number of fused-ring (bicyclic) bond motifs is 1. The molecule has 0 aromatic carbocycles. The third-order valence-electron chi connectivity index (χ3n) is 4.94. The van der Waals surface area contributed by atoms with E-state index in [2.05, 4.69) is 41.1 Å².